The predicted molar refractivity (Wildman–Crippen MR) is 146 cm³/mol. The third kappa shape index (κ3) is 6.27. The van der Waals surface area contributed by atoms with Gasteiger partial charge in [-0.3, -0.25) is 14.9 Å². The van der Waals surface area contributed by atoms with Gasteiger partial charge in [0.25, 0.3) is 11.8 Å². The number of hydrogen-bond acceptors (Lipinski definition) is 5. The second-order valence-electron chi connectivity index (χ2n) is 8.68. The van der Waals surface area contributed by atoms with Crippen LogP contribution in [-0.2, 0) is 16.0 Å². The molecule has 1 aliphatic rings. The van der Waals surface area contributed by atoms with Gasteiger partial charge in [0, 0.05) is 10.0 Å². The Kier molecular flexibility index (Phi) is 8.08. The van der Waals surface area contributed by atoms with E-state index in [1.54, 1.807) is 42.5 Å². The van der Waals surface area contributed by atoms with Crippen LogP contribution in [-0.4, -0.2) is 31.1 Å². The Hall–Kier alpha value is -3.91. The number of nitrogens with one attached hydrogen (secondary N) is 1. The van der Waals surface area contributed by atoms with E-state index in [0.29, 0.717) is 23.6 Å². The number of halogens is 1. The zero-order chi connectivity index (χ0) is 26.5. The molecule has 7 nitrogen and oxygen atoms in total. The lowest BCUT2D eigenvalue weighted by Gasteiger charge is -2.26. The van der Waals surface area contributed by atoms with E-state index in [2.05, 4.69) is 34.2 Å². The molecule has 1 N–H and O–H groups in total. The first-order valence-corrected chi connectivity index (χ1v) is 12.7. The normalized spacial score (nSPS) is 14.6. The van der Waals surface area contributed by atoms with Gasteiger partial charge in [0.05, 0.1) is 5.69 Å². The van der Waals surface area contributed by atoms with Gasteiger partial charge in [-0.05, 0) is 79.9 Å². The average Bonchev–Trinajstić information content (AvgIpc) is 2.86. The van der Waals surface area contributed by atoms with E-state index in [0.717, 1.165) is 32.7 Å². The summed E-state index contributed by atoms with van der Waals surface area (Å²) >= 11 is 3.43. The second-order valence-corrected chi connectivity index (χ2v) is 9.60. The van der Waals surface area contributed by atoms with Crippen molar-refractivity contribution in [3.8, 4) is 11.5 Å². The summed E-state index contributed by atoms with van der Waals surface area (Å²) in [7, 11) is 0. The molecular formula is C29H27BrN2O5. The highest BCUT2D eigenvalue weighted by molar-refractivity contribution is 9.10. The van der Waals surface area contributed by atoms with Crippen LogP contribution in [0.25, 0.3) is 6.08 Å². The predicted octanol–water partition coefficient (Wildman–Crippen LogP) is 5.75. The zero-order valence-corrected chi connectivity index (χ0v) is 22.4. The Labute approximate surface area is 224 Å². The van der Waals surface area contributed by atoms with Gasteiger partial charge in [-0.2, -0.15) is 0 Å². The lowest BCUT2D eigenvalue weighted by Crippen LogP contribution is -2.54. The topological polar surface area (TPSA) is 84.9 Å². The summed E-state index contributed by atoms with van der Waals surface area (Å²) in [4.78, 5) is 39.3. The minimum atomic E-state index is -0.791. The molecule has 190 valence electrons. The summed E-state index contributed by atoms with van der Waals surface area (Å²) < 4.78 is 12.6. The van der Waals surface area contributed by atoms with Crippen molar-refractivity contribution in [1.82, 2.24) is 5.32 Å². The second kappa shape index (κ2) is 11.4. The molecule has 3 aromatic rings. The Balaban J connectivity index is 1.53. The zero-order valence-electron chi connectivity index (χ0n) is 20.8. The van der Waals surface area contributed by atoms with Gasteiger partial charge in [-0.15, -0.1) is 0 Å². The molecule has 0 unspecified atom stereocenters. The van der Waals surface area contributed by atoms with Crippen LogP contribution in [0.2, 0.25) is 0 Å². The van der Waals surface area contributed by atoms with Gasteiger partial charge in [-0.25, -0.2) is 9.69 Å². The number of benzene rings is 3. The summed E-state index contributed by atoms with van der Waals surface area (Å²) in [6.07, 6.45) is 2.35. The van der Waals surface area contributed by atoms with Crippen LogP contribution in [0.4, 0.5) is 10.5 Å². The van der Waals surface area contributed by atoms with Crippen LogP contribution in [0.5, 0.6) is 11.5 Å². The molecular weight excluding hydrogens is 536 g/mol. The first kappa shape index (κ1) is 26.2. The van der Waals surface area contributed by atoms with Crippen molar-refractivity contribution in [2.45, 2.75) is 27.2 Å². The van der Waals surface area contributed by atoms with Gasteiger partial charge in [-0.1, -0.05) is 46.6 Å². The van der Waals surface area contributed by atoms with Gasteiger partial charge < -0.3 is 9.47 Å². The molecule has 0 aromatic heterocycles. The van der Waals surface area contributed by atoms with Crippen LogP contribution in [0, 0.1) is 13.8 Å². The summed E-state index contributed by atoms with van der Waals surface area (Å²) in [5.74, 6) is -0.224. The van der Waals surface area contributed by atoms with E-state index in [-0.39, 0.29) is 12.2 Å². The van der Waals surface area contributed by atoms with E-state index in [1.165, 1.54) is 11.6 Å². The number of carbonyl (C=O) groups excluding carboxylic acids is 3. The molecule has 0 bridgehead atoms. The van der Waals surface area contributed by atoms with Gasteiger partial charge in [0.2, 0.25) is 0 Å². The SMILES string of the molecule is CCc1cc(C)cc(OCCOc2ccc(Br)cc2/C=C2\C(=O)NC(=O)N(c3ccc(C)cc3)C2=O)c1. The van der Waals surface area contributed by atoms with Crippen LogP contribution in [0.3, 0.4) is 0 Å². The molecule has 1 aliphatic heterocycles. The lowest BCUT2D eigenvalue weighted by molar-refractivity contribution is -0.122. The summed E-state index contributed by atoms with van der Waals surface area (Å²) in [5.41, 5.74) is 4.02. The number of aryl methyl sites for hydroxylation is 3. The summed E-state index contributed by atoms with van der Waals surface area (Å²) in [6.45, 7) is 6.59. The highest BCUT2D eigenvalue weighted by Crippen LogP contribution is 2.28. The Morgan fingerprint density at radius 3 is 2.35 bits per heavy atom. The number of ether oxygens (including phenoxy) is 2. The molecule has 0 atom stereocenters. The molecule has 1 heterocycles. The van der Waals surface area contributed by atoms with Gasteiger partial charge in [0.15, 0.2) is 0 Å². The number of carbonyl (C=O) groups is 3. The fourth-order valence-electron chi connectivity index (χ4n) is 3.93. The number of nitrogens with zero attached hydrogens (tertiary/aromatic N) is 1. The number of amides is 4. The molecule has 1 fully saturated rings. The molecule has 0 aliphatic carbocycles. The highest BCUT2D eigenvalue weighted by Gasteiger charge is 2.37. The van der Waals surface area contributed by atoms with E-state index in [1.807, 2.05) is 26.0 Å². The number of urea groups is 1. The van der Waals surface area contributed by atoms with Crippen LogP contribution >= 0.6 is 15.9 Å². The van der Waals surface area contributed by atoms with Gasteiger partial charge >= 0.3 is 6.03 Å². The fourth-order valence-corrected chi connectivity index (χ4v) is 4.31. The number of hydrogen-bond donors (Lipinski definition) is 1. The minimum Gasteiger partial charge on any atom is -0.490 e. The van der Waals surface area contributed by atoms with Crippen molar-refractivity contribution in [2.75, 3.05) is 18.1 Å². The van der Waals surface area contributed by atoms with E-state index >= 15 is 0 Å². The Bertz CT molecular complexity index is 1380. The maximum atomic E-state index is 13.2. The highest BCUT2D eigenvalue weighted by atomic mass is 79.9. The molecule has 0 saturated carbocycles. The van der Waals surface area contributed by atoms with Crippen molar-refractivity contribution in [3.63, 3.8) is 0 Å². The number of anilines is 1. The molecule has 8 heteroatoms. The molecule has 4 rings (SSSR count). The summed E-state index contributed by atoms with van der Waals surface area (Å²) in [5, 5.41) is 2.25. The molecule has 0 radical (unpaired) electrons. The Morgan fingerprint density at radius 2 is 1.62 bits per heavy atom. The molecule has 4 amide bonds. The van der Waals surface area contributed by atoms with Crippen LogP contribution < -0.4 is 19.7 Å². The monoisotopic (exact) mass is 562 g/mol. The maximum Gasteiger partial charge on any atom is 0.335 e. The quantitative estimate of drug-likeness (QED) is 0.214. The number of imide groups is 2. The van der Waals surface area contributed by atoms with Gasteiger partial charge in [0.1, 0.15) is 30.3 Å². The van der Waals surface area contributed by atoms with Crippen molar-refractivity contribution < 1.29 is 23.9 Å². The van der Waals surface area contributed by atoms with Crippen molar-refractivity contribution in [1.29, 1.82) is 0 Å². The van der Waals surface area contributed by atoms with Crippen LogP contribution in [0.15, 0.2) is 70.7 Å². The Morgan fingerprint density at radius 1 is 0.892 bits per heavy atom. The molecule has 3 aromatic carbocycles. The molecule has 0 spiro atoms. The molecule has 37 heavy (non-hydrogen) atoms. The van der Waals surface area contributed by atoms with E-state index in [9.17, 15) is 14.4 Å². The largest absolute Gasteiger partial charge is 0.490 e. The first-order valence-electron chi connectivity index (χ1n) is 11.9. The summed E-state index contributed by atoms with van der Waals surface area (Å²) in [6, 6.07) is 17.5. The third-order valence-electron chi connectivity index (χ3n) is 5.79. The average molecular weight is 563 g/mol. The van der Waals surface area contributed by atoms with Crippen molar-refractivity contribution >= 4 is 45.5 Å². The van der Waals surface area contributed by atoms with E-state index in [4.69, 9.17) is 9.47 Å². The minimum absolute atomic E-state index is 0.175. The smallest absolute Gasteiger partial charge is 0.335 e. The number of barbiturate groups is 1. The van der Waals surface area contributed by atoms with Crippen LogP contribution in [0.1, 0.15) is 29.2 Å². The first-order chi connectivity index (χ1) is 17.7. The van der Waals surface area contributed by atoms with Crippen molar-refractivity contribution in [3.05, 3.63) is 93.0 Å². The van der Waals surface area contributed by atoms with E-state index < -0.39 is 17.8 Å². The lowest BCUT2D eigenvalue weighted by atomic mass is 10.1. The third-order valence-corrected chi connectivity index (χ3v) is 6.29. The fraction of sp³-hybridized carbons (Fsp3) is 0.207. The standard InChI is InChI=1S/C29H27BrN2O5/c1-4-20-13-19(3)14-24(15-20)36-11-12-37-26-10-7-22(30)16-21(26)17-25-27(33)31-29(35)32(28(25)34)23-8-5-18(2)6-9-23/h5-10,13-17H,4,11-12H2,1-3H3,(H,31,33,35)/b25-17+. The maximum absolute atomic E-state index is 13.2. The van der Waals surface area contributed by atoms with Crippen molar-refractivity contribution in [2.24, 2.45) is 0 Å². The molecule has 1 saturated heterocycles. The number of rotatable bonds is 8.